The van der Waals surface area contributed by atoms with E-state index >= 15 is 0 Å². The quantitative estimate of drug-likeness (QED) is 0.821. The van der Waals surface area contributed by atoms with Gasteiger partial charge in [0.2, 0.25) is 0 Å². The second-order valence-electron chi connectivity index (χ2n) is 6.95. The number of carbonyl (C=O) groups excluding carboxylic acids is 1. The minimum Gasteiger partial charge on any atom is -0.399 e. The number of aliphatic hydroxyl groups excluding tert-OH is 1. The van der Waals surface area contributed by atoms with Gasteiger partial charge in [0.05, 0.1) is 6.61 Å². The maximum Gasteiger partial charge on any atom is 0.253 e. The van der Waals surface area contributed by atoms with Crippen LogP contribution in [0.2, 0.25) is 0 Å². The highest BCUT2D eigenvalue weighted by molar-refractivity contribution is 5.94. The first-order valence-electron chi connectivity index (χ1n) is 8.36. The summed E-state index contributed by atoms with van der Waals surface area (Å²) < 4.78 is 0. The van der Waals surface area contributed by atoms with Crippen molar-refractivity contribution in [2.45, 2.75) is 26.2 Å². The van der Waals surface area contributed by atoms with E-state index in [9.17, 15) is 9.90 Å². The lowest BCUT2D eigenvalue weighted by Crippen LogP contribution is -2.40. The SMILES string of the molecule is CC1C2CCC(C2)C1CN(CCO)C(=O)c1ccc(N)cc1. The number of nitrogens with zero attached hydrogens (tertiary/aromatic N) is 1. The van der Waals surface area contributed by atoms with E-state index in [-0.39, 0.29) is 12.5 Å². The van der Waals surface area contributed by atoms with Gasteiger partial charge < -0.3 is 15.7 Å². The van der Waals surface area contributed by atoms with E-state index in [1.165, 1.54) is 19.3 Å². The van der Waals surface area contributed by atoms with Crippen molar-refractivity contribution in [2.24, 2.45) is 23.7 Å². The minimum atomic E-state index is 0.00373. The van der Waals surface area contributed by atoms with E-state index in [1.54, 1.807) is 24.3 Å². The third-order valence-corrected chi connectivity index (χ3v) is 5.78. The molecule has 4 heteroatoms. The zero-order valence-electron chi connectivity index (χ0n) is 13.2. The van der Waals surface area contributed by atoms with Crippen molar-refractivity contribution >= 4 is 11.6 Å². The third kappa shape index (κ3) is 2.84. The van der Waals surface area contributed by atoms with Crippen LogP contribution in [0.25, 0.3) is 0 Å². The largest absolute Gasteiger partial charge is 0.399 e. The predicted octanol–water partition coefficient (Wildman–Crippen LogP) is 2.39. The Hall–Kier alpha value is -1.55. The molecule has 2 bridgehead atoms. The van der Waals surface area contributed by atoms with Crippen LogP contribution in [0.4, 0.5) is 5.69 Å². The van der Waals surface area contributed by atoms with Crippen molar-refractivity contribution in [3.63, 3.8) is 0 Å². The lowest BCUT2D eigenvalue weighted by molar-refractivity contribution is 0.0633. The number of nitrogens with two attached hydrogens (primary N) is 1. The summed E-state index contributed by atoms with van der Waals surface area (Å²) in [5.41, 5.74) is 7.00. The molecule has 3 N–H and O–H groups in total. The Kier molecular flexibility index (Phi) is 4.39. The summed E-state index contributed by atoms with van der Waals surface area (Å²) in [6.07, 6.45) is 3.99. The summed E-state index contributed by atoms with van der Waals surface area (Å²) in [7, 11) is 0. The number of aliphatic hydroxyl groups is 1. The molecule has 4 atom stereocenters. The standard InChI is InChI=1S/C18H26N2O2/c1-12-14-2-3-15(10-14)17(12)11-20(8-9-21)18(22)13-4-6-16(19)7-5-13/h4-7,12,14-15,17,21H,2-3,8-11,19H2,1H3. The molecule has 0 radical (unpaired) electrons. The van der Waals surface area contributed by atoms with Gasteiger partial charge in [0, 0.05) is 24.3 Å². The van der Waals surface area contributed by atoms with Gasteiger partial charge in [-0.15, -0.1) is 0 Å². The van der Waals surface area contributed by atoms with Gasteiger partial charge in [-0.05, 0) is 67.2 Å². The molecule has 2 aliphatic carbocycles. The van der Waals surface area contributed by atoms with Gasteiger partial charge in [-0.1, -0.05) is 6.92 Å². The van der Waals surface area contributed by atoms with Crippen molar-refractivity contribution in [3.05, 3.63) is 29.8 Å². The van der Waals surface area contributed by atoms with Crippen molar-refractivity contribution in [1.29, 1.82) is 0 Å². The third-order valence-electron chi connectivity index (χ3n) is 5.78. The molecule has 2 fully saturated rings. The van der Waals surface area contributed by atoms with E-state index in [1.807, 2.05) is 4.90 Å². The van der Waals surface area contributed by atoms with Gasteiger partial charge in [-0.2, -0.15) is 0 Å². The van der Waals surface area contributed by atoms with Crippen LogP contribution in [-0.4, -0.2) is 35.6 Å². The monoisotopic (exact) mass is 302 g/mol. The van der Waals surface area contributed by atoms with Crippen molar-refractivity contribution in [1.82, 2.24) is 4.90 Å². The van der Waals surface area contributed by atoms with Crippen molar-refractivity contribution < 1.29 is 9.90 Å². The summed E-state index contributed by atoms with van der Waals surface area (Å²) in [4.78, 5) is 14.5. The highest BCUT2D eigenvalue weighted by Gasteiger charge is 2.45. The predicted molar refractivity (Wildman–Crippen MR) is 87.3 cm³/mol. The Morgan fingerprint density at radius 2 is 1.95 bits per heavy atom. The summed E-state index contributed by atoms with van der Waals surface area (Å²) in [5, 5.41) is 9.33. The Morgan fingerprint density at radius 1 is 1.27 bits per heavy atom. The molecular weight excluding hydrogens is 276 g/mol. The average molecular weight is 302 g/mol. The van der Waals surface area contributed by atoms with Crippen LogP contribution < -0.4 is 5.73 Å². The minimum absolute atomic E-state index is 0.00373. The molecule has 0 aromatic heterocycles. The first-order valence-corrected chi connectivity index (χ1v) is 8.36. The molecule has 120 valence electrons. The molecule has 1 aromatic carbocycles. The van der Waals surface area contributed by atoms with Crippen LogP contribution in [0.1, 0.15) is 36.5 Å². The summed E-state index contributed by atoms with van der Waals surface area (Å²) in [6, 6.07) is 7.05. The lowest BCUT2D eigenvalue weighted by Gasteiger charge is -2.33. The zero-order valence-corrected chi connectivity index (χ0v) is 13.2. The topological polar surface area (TPSA) is 66.6 Å². The van der Waals surface area contributed by atoms with Crippen LogP contribution in [0, 0.1) is 23.7 Å². The average Bonchev–Trinajstić information content (AvgIpc) is 3.10. The van der Waals surface area contributed by atoms with Gasteiger partial charge in [0.15, 0.2) is 0 Å². The molecule has 22 heavy (non-hydrogen) atoms. The first kappa shape index (κ1) is 15.3. The smallest absolute Gasteiger partial charge is 0.253 e. The molecule has 2 saturated carbocycles. The highest BCUT2D eigenvalue weighted by atomic mass is 16.3. The fourth-order valence-electron chi connectivity index (χ4n) is 4.47. The van der Waals surface area contributed by atoms with Gasteiger partial charge >= 0.3 is 0 Å². The maximum atomic E-state index is 12.7. The van der Waals surface area contributed by atoms with Gasteiger partial charge in [0.25, 0.3) is 5.91 Å². The first-order chi connectivity index (χ1) is 10.6. The van der Waals surface area contributed by atoms with E-state index in [2.05, 4.69) is 6.92 Å². The fraction of sp³-hybridized carbons (Fsp3) is 0.611. The number of carbonyl (C=O) groups is 1. The molecule has 4 nitrogen and oxygen atoms in total. The maximum absolute atomic E-state index is 12.7. The van der Waals surface area contributed by atoms with E-state index < -0.39 is 0 Å². The Labute approximate surface area is 132 Å². The molecular formula is C18H26N2O2. The van der Waals surface area contributed by atoms with Gasteiger partial charge in [-0.25, -0.2) is 0 Å². The summed E-state index contributed by atoms with van der Waals surface area (Å²) in [5.74, 6) is 2.89. The second-order valence-corrected chi connectivity index (χ2v) is 6.95. The molecule has 1 amide bonds. The van der Waals surface area contributed by atoms with Crippen molar-refractivity contribution in [3.8, 4) is 0 Å². The Balaban J connectivity index is 1.72. The van der Waals surface area contributed by atoms with E-state index in [0.717, 1.165) is 18.4 Å². The fourth-order valence-corrected chi connectivity index (χ4v) is 4.47. The number of fused-ring (bicyclic) bond motifs is 2. The number of amides is 1. The van der Waals surface area contributed by atoms with E-state index in [0.29, 0.717) is 29.6 Å². The second kappa shape index (κ2) is 6.29. The van der Waals surface area contributed by atoms with Gasteiger partial charge in [-0.3, -0.25) is 4.79 Å². The van der Waals surface area contributed by atoms with Crippen LogP contribution in [0.3, 0.4) is 0 Å². The van der Waals surface area contributed by atoms with E-state index in [4.69, 9.17) is 5.73 Å². The Morgan fingerprint density at radius 3 is 2.55 bits per heavy atom. The molecule has 0 saturated heterocycles. The molecule has 0 spiro atoms. The molecule has 0 aliphatic heterocycles. The Bertz CT molecular complexity index is 526. The van der Waals surface area contributed by atoms with Gasteiger partial charge in [0.1, 0.15) is 0 Å². The number of nitrogen functional groups attached to an aromatic ring is 1. The number of hydrogen-bond acceptors (Lipinski definition) is 3. The zero-order chi connectivity index (χ0) is 15.7. The number of rotatable bonds is 5. The molecule has 4 unspecified atom stereocenters. The molecule has 3 rings (SSSR count). The number of benzene rings is 1. The van der Waals surface area contributed by atoms with Crippen LogP contribution in [0.5, 0.6) is 0 Å². The van der Waals surface area contributed by atoms with Crippen LogP contribution in [-0.2, 0) is 0 Å². The van der Waals surface area contributed by atoms with Crippen LogP contribution >= 0.6 is 0 Å². The molecule has 0 heterocycles. The summed E-state index contributed by atoms with van der Waals surface area (Å²) >= 11 is 0. The van der Waals surface area contributed by atoms with Crippen LogP contribution in [0.15, 0.2) is 24.3 Å². The molecule has 2 aliphatic rings. The number of hydrogen-bond donors (Lipinski definition) is 2. The number of anilines is 1. The lowest BCUT2D eigenvalue weighted by atomic mass is 9.80. The normalized spacial score (nSPS) is 29.7. The molecule has 1 aromatic rings. The summed E-state index contributed by atoms with van der Waals surface area (Å²) in [6.45, 7) is 3.52. The highest BCUT2D eigenvalue weighted by Crippen LogP contribution is 2.52. The van der Waals surface area contributed by atoms with Crippen molar-refractivity contribution in [2.75, 3.05) is 25.4 Å².